The summed E-state index contributed by atoms with van der Waals surface area (Å²) in [4.78, 5) is 4.27. The van der Waals surface area contributed by atoms with E-state index in [4.69, 9.17) is 20.5 Å². The number of rotatable bonds is 3. The van der Waals surface area contributed by atoms with Crippen molar-refractivity contribution >= 4 is 22.6 Å². The average molecular weight is 249 g/mol. The molecule has 0 saturated heterocycles. The van der Waals surface area contributed by atoms with Gasteiger partial charge in [-0.05, 0) is 6.07 Å². The van der Waals surface area contributed by atoms with E-state index < -0.39 is 0 Å². The van der Waals surface area contributed by atoms with Crippen molar-refractivity contribution in [2.24, 2.45) is 0 Å². The number of furan rings is 1. The molecule has 1 aromatic carbocycles. The first-order chi connectivity index (χ1) is 8.38. The fourth-order valence-corrected chi connectivity index (χ4v) is 1.86. The monoisotopic (exact) mass is 248 g/mol. The summed E-state index contributed by atoms with van der Waals surface area (Å²) in [6.45, 7) is 0. The number of nitrogens with zero attached hydrogens (tertiary/aromatic N) is 2. The average Bonchev–Trinajstić information content (AvgIpc) is 2.95. The first kappa shape index (κ1) is 10.4. The molecule has 0 bridgehead atoms. The quantitative estimate of drug-likeness (QED) is 0.668. The Labute approximate surface area is 102 Å². The largest absolute Gasteiger partial charge is 0.464 e. The second-order valence-electron chi connectivity index (χ2n) is 3.60. The molecule has 0 unspecified atom stereocenters. The second kappa shape index (κ2) is 4.22. The van der Waals surface area contributed by atoms with Crippen LogP contribution < -0.4 is 0 Å². The summed E-state index contributed by atoms with van der Waals surface area (Å²) in [5, 5.41) is 4.90. The molecule has 0 atom stereocenters. The Kier molecular flexibility index (Phi) is 2.57. The third-order valence-electron chi connectivity index (χ3n) is 2.50. The molecule has 0 aliphatic rings. The minimum Gasteiger partial charge on any atom is -0.464 e. The van der Waals surface area contributed by atoms with Gasteiger partial charge in [-0.3, -0.25) is 0 Å². The van der Waals surface area contributed by atoms with Crippen LogP contribution in [0, 0.1) is 0 Å². The molecule has 0 aliphatic carbocycles. The van der Waals surface area contributed by atoms with E-state index >= 15 is 0 Å². The van der Waals surface area contributed by atoms with Gasteiger partial charge in [0.25, 0.3) is 0 Å². The smallest absolute Gasteiger partial charge is 0.228 e. The van der Waals surface area contributed by atoms with Gasteiger partial charge in [0.15, 0.2) is 0 Å². The summed E-state index contributed by atoms with van der Waals surface area (Å²) in [6, 6.07) is 7.73. The van der Waals surface area contributed by atoms with Crippen molar-refractivity contribution in [3.8, 4) is 11.4 Å². The number of alkyl halides is 1. The lowest BCUT2D eigenvalue weighted by Crippen LogP contribution is -1.85. The van der Waals surface area contributed by atoms with Gasteiger partial charge in [0.05, 0.1) is 5.56 Å². The zero-order chi connectivity index (χ0) is 11.7. The third-order valence-corrected chi connectivity index (χ3v) is 2.69. The van der Waals surface area contributed by atoms with Crippen LogP contribution in [0.4, 0.5) is 0 Å². The van der Waals surface area contributed by atoms with E-state index in [9.17, 15) is 0 Å². The Morgan fingerprint density at radius 3 is 3.00 bits per heavy atom. The number of benzene rings is 1. The van der Waals surface area contributed by atoms with E-state index in [1.165, 1.54) is 0 Å². The summed E-state index contributed by atoms with van der Waals surface area (Å²) in [5.74, 6) is 1.55. The van der Waals surface area contributed by atoms with Gasteiger partial charge in [-0.25, -0.2) is 0 Å². The van der Waals surface area contributed by atoms with Crippen molar-refractivity contribution in [2.45, 2.75) is 6.42 Å². The molecule has 17 heavy (non-hydrogen) atoms. The number of halogens is 1. The van der Waals surface area contributed by atoms with E-state index in [2.05, 4.69) is 10.1 Å². The van der Waals surface area contributed by atoms with Gasteiger partial charge in [-0.2, -0.15) is 4.98 Å². The number of aromatic nitrogens is 2. The van der Waals surface area contributed by atoms with Crippen LogP contribution in [-0.4, -0.2) is 16.0 Å². The van der Waals surface area contributed by atoms with E-state index in [0.717, 1.165) is 16.5 Å². The first-order valence-corrected chi connectivity index (χ1v) is 5.77. The standard InChI is InChI=1S/C12H9ClN2O2/c13-6-5-11-14-12(15-17-11)9-7-16-10-4-2-1-3-8(9)10/h1-4,7H,5-6H2. The summed E-state index contributed by atoms with van der Waals surface area (Å²) >= 11 is 5.62. The number of aryl methyl sites for hydroxylation is 1. The number of fused-ring (bicyclic) bond motifs is 1. The Morgan fingerprint density at radius 2 is 2.12 bits per heavy atom. The van der Waals surface area contributed by atoms with Gasteiger partial charge < -0.3 is 8.94 Å². The normalized spacial score (nSPS) is 11.1. The summed E-state index contributed by atoms with van der Waals surface area (Å²) in [5.41, 5.74) is 1.65. The lowest BCUT2D eigenvalue weighted by atomic mass is 10.2. The molecule has 0 N–H and O–H groups in total. The van der Waals surface area contributed by atoms with E-state index in [0.29, 0.717) is 24.0 Å². The first-order valence-electron chi connectivity index (χ1n) is 5.23. The minimum absolute atomic E-state index is 0.466. The zero-order valence-electron chi connectivity index (χ0n) is 8.89. The van der Waals surface area contributed by atoms with Crippen LogP contribution in [0.15, 0.2) is 39.5 Å². The number of para-hydroxylation sites is 1. The fraction of sp³-hybridized carbons (Fsp3) is 0.167. The molecule has 0 amide bonds. The maximum absolute atomic E-state index is 5.62. The topological polar surface area (TPSA) is 52.1 Å². The second-order valence-corrected chi connectivity index (χ2v) is 3.97. The molecule has 3 aromatic rings. The lowest BCUT2D eigenvalue weighted by Gasteiger charge is -1.88. The van der Waals surface area contributed by atoms with Crippen LogP contribution in [0.2, 0.25) is 0 Å². The molecule has 2 aromatic heterocycles. The third kappa shape index (κ3) is 1.80. The van der Waals surface area contributed by atoms with Crippen LogP contribution >= 0.6 is 11.6 Å². The van der Waals surface area contributed by atoms with Crippen LogP contribution in [-0.2, 0) is 6.42 Å². The van der Waals surface area contributed by atoms with Gasteiger partial charge >= 0.3 is 0 Å². The van der Waals surface area contributed by atoms with Crippen molar-refractivity contribution in [1.29, 1.82) is 0 Å². The van der Waals surface area contributed by atoms with Gasteiger partial charge in [0, 0.05) is 17.7 Å². The lowest BCUT2D eigenvalue weighted by molar-refractivity contribution is 0.383. The summed E-state index contributed by atoms with van der Waals surface area (Å²) in [7, 11) is 0. The van der Waals surface area contributed by atoms with Crippen molar-refractivity contribution in [2.75, 3.05) is 5.88 Å². The molecule has 3 rings (SSSR count). The van der Waals surface area contributed by atoms with Gasteiger partial charge in [0.1, 0.15) is 11.8 Å². The molecule has 86 valence electrons. The molecule has 5 heteroatoms. The molecule has 4 nitrogen and oxygen atoms in total. The highest BCUT2D eigenvalue weighted by Crippen LogP contribution is 2.28. The van der Waals surface area contributed by atoms with E-state index in [-0.39, 0.29) is 0 Å². The molecule has 0 aliphatic heterocycles. The van der Waals surface area contributed by atoms with Crippen LogP contribution in [0.3, 0.4) is 0 Å². The van der Waals surface area contributed by atoms with Gasteiger partial charge in [0.2, 0.25) is 11.7 Å². The molecule has 0 saturated carbocycles. The molecule has 0 fully saturated rings. The highest BCUT2D eigenvalue weighted by atomic mass is 35.5. The number of hydrogen-bond acceptors (Lipinski definition) is 4. The Balaban J connectivity index is 2.07. The SMILES string of the molecule is ClCCc1nc(-c2coc3ccccc23)no1. The van der Waals surface area contributed by atoms with Gasteiger partial charge in [-0.15, -0.1) is 11.6 Å². The zero-order valence-corrected chi connectivity index (χ0v) is 9.65. The van der Waals surface area contributed by atoms with Crippen molar-refractivity contribution in [3.05, 3.63) is 36.4 Å². The minimum atomic E-state index is 0.466. The molecular formula is C12H9ClN2O2. The maximum Gasteiger partial charge on any atom is 0.228 e. The molecule has 2 heterocycles. The molecule has 0 radical (unpaired) electrons. The van der Waals surface area contributed by atoms with Gasteiger partial charge in [-0.1, -0.05) is 23.4 Å². The fourth-order valence-electron chi connectivity index (χ4n) is 1.70. The van der Waals surface area contributed by atoms with E-state index in [1.807, 2.05) is 24.3 Å². The Hall–Kier alpha value is -1.81. The van der Waals surface area contributed by atoms with Crippen molar-refractivity contribution in [1.82, 2.24) is 10.1 Å². The molecule has 0 spiro atoms. The number of hydrogen-bond donors (Lipinski definition) is 0. The Bertz CT molecular complexity index is 645. The van der Waals surface area contributed by atoms with Crippen LogP contribution in [0.1, 0.15) is 5.89 Å². The van der Waals surface area contributed by atoms with Crippen LogP contribution in [0.25, 0.3) is 22.4 Å². The van der Waals surface area contributed by atoms with Crippen LogP contribution in [0.5, 0.6) is 0 Å². The summed E-state index contributed by atoms with van der Waals surface area (Å²) < 4.78 is 10.5. The van der Waals surface area contributed by atoms with E-state index in [1.54, 1.807) is 6.26 Å². The van der Waals surface area contributed by atoms with Crippen molar-refractivity contribution in [3.63, 3.8) is 0 Å². The predicted molar refractivity (Wildman–Crippen MR) is 63.9 cm³/mol. The highest BCUT2D eigenvalue weighted by molar-refractivity contribution is 6.17. The predicted octanol–water partition coefficient (Wildman–Crippen LogP) is 3.26. The van der Waals surface area contributed by atoms with Crippen molar-refractivity contribution < 1.29 is 8.94 Å². The maximum atomic E-state index is 5.62. The summed E-state index contributed by atoms with van der Waals surface area (Å²) in [6.07, 6.45) is 2.21. The highest BCUT2D eigenvalue weighted by Gasteiger charge is 2.13. The Morgan fingerprint density at radius 1 is 1.24 bits per heavy atom. The molecular weight excluding hydrogens is 240 g/mol.